The van der Waals surface area contributed by atoms with E-state index in [0.717, 1.165) is 44.6 Å². The Hall–Kier alpha value is -0.610. The fourth-order valence-electron chi connectivity index (χ4n) is 4.60. The van der Waals surface area contributed by atoms with Crippen molar-refractivity contribution in [1.82, 2.24) is 15.1 Å². The van der Waals surface area contributed by atoms with Crippen LogP contribution in [0.2, 0.25) is 0 Å². The maximum atomic E-state index is 12.6. The van der Waals surface area contributed by atoms with Gasteiger partial charge in [-0.25, -0.2) is 0 Å². The molecule has 0 spiro atoms. The Morgan fingerprint density at radius 2 is 1.80 bits per heavy atom. The highest BCUT2D eigenvalue weighted by Gasteiger charge is 2.42. The molecule has 0 radical (unpaired) electrons. The molecule has 0 aromatic heterocycles. The van der Waals surface area contributed by atoms with E-state index in [9.17, 15) is 4.79 Å². The molecular weight excluding hydrogens is 250 g/mol. The average molecular weight is 279 g/mol. The molecule has 4 nitrogen and oxygen atoms in total. The highest BCUT2D eigenvalue weighted by molar-refractivity contribution is 5.78. The summed E-state index contributed by atoms with van der Waals surface area (Å²) in [5, 5.41) is 3.48. The molecule has 3 rings (SSSR count). The van der Waals surface area contributed by atoms with E-state index in [4.69, 9.17) is 0 Å². The van der Waals surface area contributed by atoms with Gasteiger partial charge in [-0.1, -0.05) is 13.8 Å². The zero-order valence-corrected chi connectivity index (χ0v) is 13.1. The van der Waals surface area contributed by atoms with Crippen molar-refractivity contribution in [3.05, 3.63) is 0 Å². The van der Waals surface area contributed by atoms with E-state index in [1.807, 2.05) is 0 Å². The van der Waals surface area contributed by atoms with E-state index in [0.29, 0.717) is 30.3 Å². The third kappa shape index (κ3) is 2.73. The zero-order valence-electron chi connectivity index (χ0n) is 13.1. The fraction of sp³-hybridized carbons (Fsp3) is 0.938. The lowest BCUT2D eigenvalue weighted by atomic mass is 9.92. The summed E-state index contributed by atoms with van der Waals surface area (Å²) in [4.78, 5) is 17.1. The number of amides is 1. The van der Waals surface area contributed by atoms with Crippen molar-refractivity contribution in [2.45, 2.75) is 33.2 Å². The Bertz CT molecular complexity index is 363. The van der Waals surface area contributed by atoms with Gasteiger partial charge in [0.25, 0.3) is 0 Å². The first-order valence-corrected chi connectivity index (χ1v) is 8.27. The number of hydrogen-bond donors (Lipinski definition) is 1. The molecule has 0 aromatic carbocycles. The van der Waals surface area contributed by atoms with Gasteiger partial charge in [0.1, 0.15) is 0 Å². The fourth-order valence-corrected chi connectivity index (χ4v) is 4.60. The number of nitrogens with zero attached hydrogens (tertiary/aromatic N) is 2. The Morgan fingerprint density at radius 3 is 2.45 bits per heavy atom. The average Bonchev–Trinajstić information content (AvgIpc) is 2.93. The molecule has 0 bridgehead atoms. The molecule has 3 heterocycles. The molecule has 3 saturated heterocycles. The molecule has 1 amide bonds. The van der Waals surface area contributed by atoms with Crippen molar-refractivity contribution in [3.8, 4) is 0 Å². The Balaban J connectivity index is 1.56. The third-order valence-electron chi connectivity index (χ3n) is 5.62. The van der Waals surface area contributed by atoms with Crippen LogP contribution < -0.4 is 5.32 Å². The highest BCUT2D eigenvalue weighted by atomic mass is 16.2. The second-order valence-electron chi connectivity index (χ2n) is 7.50. The third-order valence-corrected chi connectivity index (χ3v) is 5.62. The summed E-state index contributed by atoms with van der Waals surface area (Å²) in [6, 6.07) is 0.554. The summed E-state index contributed by atoms with van der Waals surface area (Å²) in [5.41, 5.74) is 0. The minimum Gasteiger partial charge on any atom is -0.341 e. The van der Waals surface area contributed by atoms with Crippen molar-refractivity contribution in [3.63, 3.8) is 0 Å². The van der Waals surface area contributed by atoms with Crippen molar-refractivity contribution < 1.29 is 4.79 Å². The van der Waals surface area contributed by atoms with Gasteiger partial charge in [0.05, 0.1) is 6.54 Å². The van der Waals surface area contributed by atoms with E-state index >= 15 is 0 Å². The van der Waals surface area contributed by atoms with Crippen LogP contribution in [0, 0.1) is 23.7 Å². The topological polar surface area (TPSA) is 35.6 Å². The first-order chi connectivity index (χ1) is 9.54. The van der Waals surface area contributed by atoms with E-state index in [-0.39, 0.29) is 0 Å². The maximum Gasteiger partial charge on any atom is 0.236 e. The Morgan fingerprint density at radius 1 is 1.10 bits per heavy atom. The largest absolute Gasteiger partial charge is 0.341 e. The van der Waals surface area contributed by atoms with Gasteiger partial charge in [-0.3, -0.25) is 9.69 Å². The van der Waals surface area contributed by atoms with E-state index in [1.165, 1.54) is 6.42 Å². The minimum atomic E-state index is 0.350. The van der Waals surface area contributed by atoms with Crippen LogP contribution in [0.5, 0.6) is 0 Å². The molecule has 5 atom stereocenters. The lowest BCUT2D eigenvalue weighted by molar-refractivity contribution is -0.135. The predicted molar refractivity (Wildman–Crippen MR) is 80.4 cm³/mol. The van der Waals surface area contributed by atoms with Crippen molar-refractivity contribution in [1.29, 1.82) is 0 Å². The number of likely N-dealkylation sites (tertiary alicyclic amines) is 2. The quantitative estimate of drug-likeness (QED) is 0.820. The van der Waals surface area contributed by atoms with Gasteiger partial charge in [-0.2, -0.15) is 0 Å². The van der Waals surface area contributed by atoms with Crippen molar-refractivity contribution >= 4 is 5.91 Å². The number of nitrogens with one attached hydrogen (secondary N) is 1. The van der Waals surface area contributed by atoms with Gasteiger partial charge in [-0.15, -0.1) is 0 Å². The van der Waals surface area contributed by atoms with E-state index < -0.39 is 0 Å². The second-order valence-corrected chi connectivity index (χ2v) is 7.50. The highest BCUT2D eigenvalue weighted by Crippen LogP contribution is 2.32. The summed E-state index contributed by atoms with van der Waals surface area (Å²) in [5.74, 6) is 3.17. The number of rotatable bonds is 2. The molecule has 3 fully saturated rings. The molecule has 4 heteroatoms. The van der Waals surface area contributed by atoms with Gasteiger partial charge < -0.3 is 10.2 Å². The van der Waals surface area contributed by atoms with E-state index in [2.05, 4.69) is 35.9 Å². The summed E-state index contributed by atoms with van der Waals surface area (Å²) in [7, 11) is 0. The first kappa shape index (κ1) is 14.3. The van der Waals surface area contributed by atoms with Crippen LogP contribution in [0.1, 0.15) is 27.2 Å². The summed E-state index contributed by atoms with van der Waals surface area (Å²) in [6.45, 7) is 12.8. The second kappa shape index (κ2) is 5.64. The van der Waals surface area contributed by atoms with Crippen LogP contribution in [0.15, 0.2) is 0 Å². The van der Waals surface area contributed by atoms with Gasteiger partial charge in [-0.05, 0) is 50.1 Å². The summed E-state index contributed by atoms with van der Waals surface area (Å²) >= 11 is 0. The first-order valence-electron chi connectivity index (χ1n) is 8.27. The number of carbonyl (C=O) groups excluding carboxylic acids is 1. The summed E-state index contributed by atoms with van der Waals surface area (Å²) < 4.78 is 0. The molecule has 0 aromatic rings. The molecule has 3 aliphatic rings. The maximum absolute atomic E-state index is 12.6. The number of hydrogen-bond acceptors (Lipinski definition) is 3. The number of piperidine rings is 1. The molecule has 0 aliphatic carbocycles. The van der Waals surface area contributed by atoms with Crippen molar-refractivity contribution in [2.75, 3.05) is 39.3 Å². The number of fused-ring (bicyclic) bond motifs is 1. The standard InChI is InChI=1S/C16H29N3O/c1-11-4-12(2)8-19(7-11)16(20)10-18-9-14-5-17-6-15(14)13(18)3/h11-15,17H,4-10H2,1-3H3. The van der Waals surface area contributed by atoms with Crippen LogP contribution in [-0.4, -0.2) is 61.0 Å². The minimum absolute atomic E-state index is 0.350. The predicted octanol–water partition coefficient (Wildman–Crippen LogP) is 1.03. The Kier molecular flexibility index (Phi) is 4.04. The summed E-state index contributed by atoms with van der Waals surface area (Å²) in [6.07, 6.45) is 1.26. The van der Waals surface area contributed by atoms with Crippen molar-refractivity contribution in [2.24, 2.45) is 23.7 Å². The van der Waals surface area contributed by atoms with Crippen LogP contribution in [0.25, 0.3) is 0 Å². The number of carbonyl (C=O) groups is 1. The van der Waals surface area contributed by atoms with Crippen LogP contribution in [0.3, 0.4) is 0 Å². The molecule has 3 aliphatic heterocycles. The lowest BCUT2D eigenvalue weighted by Gasteiger charge is -2.36. The van der Waals surface area contributed by atoms with E-state index in [1.54, 1.807) is 0 Å². The van der Waals surface area contributed by atoms with Crippen LogP contribution in [0.4, 0.5) is 0 Å². The van der Waals surface area contributed by atoms with Gasteiger partial charge >= 0.3 is 0 Å². The molecule has 1 N–H and O–H groups in total. The lowest BCUT2D eigenvalue weighted by Crippen LogP contribution is -2.48. The molecular formula is C16H29N3O. The van der Waals surface area contributed by atoms with Crippen LogP contribution in [-0.2, 0) is 4.79 Å². The molecule has 20 heavy (non-hydrogen) atoms. The van der Waals surface area contributed by atoms with Gasteiger partial charge in [0, 0.05) is 25.7 Å². The molecule has 114 valence electrons. The monoisotopic (exact) mass is 279 g/mol. The normalized spacial score (nSPS) is 42.0. The smallest absolute Gasteiger partial charge is 0.236 e. The zero-order chi connectivity index (χ0) is 14.3. The molecule has 0 saturated carbocycles. The van der Waals surface area contributed by atoms with Gasteiger partial charge in [0.2, 0.25) is 5.91 Å². The van der Waals surface area contributed by atoms with Gasteiger partial charge in [0.15, 0.2) is 0 Å². The SMILES string of the molecule is CC1CC(C)CN(C(=O)CN2CC3CNCC3C2C)C1. The van der Waals surface area contributed by atoms with Crippen LogP contribution >= 0.6 is 0 Å². The molecule has 5 unspecified atom stereocenters. The Labute approximate surface area is 122 Å².